The molecule has 20 heavy (non-hydrogen) atoms. The van der Waals surface area contributed by atoms with Crippen LogP contribution < -0.4 is 10.1 Å². The van der Waals surface area contributed by atoms with E-state index in [4.69, 9.17) is 4.74 Å². The molecule has 2 N–H and O–H groups in total. The Bertz CT molecular complexity index is 569. The van der Waals surface area contributed by atoms with Crippen LogP contribution in [0.25, 0.3) is 0 Å². The molecule has 3 nitrogen and oxygen atoms in total. The first-order chi connectivity index (χ1) is 9.60. The molecule has 106 valence electrons. The summed E-state index contributed by atoms with van der Waals surface area (Å²) < 4.78 is 6.14. The van der Waals surface area contributed by atoms with Crippen molar-refractivity contribution in [3.05, 3.63) is 58.1 Å². The van der Waals surface area contributed by atoms with Crippen LogP contribution in [0, 0.1) is 0 Å². The number of phenols is 1. The number of halogens is 1. The van der Waals surface area contributed by atoms with Crippen molar-refractivity contribution < 1.29 is 9.84 Å². The Balaban J connectivity index is 1.99. The van der Waals surface area contributed by atoms with Crippen molar-refractivity contribution >= 4 is 15.9 Å². The van der Waals surface area contributed by atoms with Gasteiger partial charge in [-0.2, -0.15) is 0 Å². The summed E-state index contributed by atoms with van der Waals surface area (Å²) in [5.74, 6) is 0.909. The molecule has 0 saturated heterocycles. The van der Waals surface area contributed by atoms with E-state index in [-0.39, 0.29) is 11.8 Å². The summed E-state index contributed by atoms with van der Waals surface area (Å²) in [6.45, 7) is 2.71. The Morgan fingerprint density at radius 1 is 1.20 bits per heavy atom. The second-order valence-electron chi connectivity index (χ2n) is 4.65. The van der Waals surface area contributed by atoms with Gasteiger partial charge >= 0.3 is 0 Å². The van der Waals surface area contributed by atoms with Gasteiger partial charge in [0.05, 0.1) is 7.11 Å². The molecule has 4 heteroatoms. The summed E-state index contributed by atoms with van der Waals surface area (Å²) in [6, 6.07) is 13.8. The number of nitrogens with one attached hydrogen (secondary N) is 1. The molecule has 0 spiro atoms. The van der Waals surface area contributed by atoms with Crippen LogP contribution in [0.1, 0.15) is 24.1 Å². The molecule has 0 aliphatic rings. The van der Waals surface area contributed by atoms with E-state index in [9.17, 15) is 5.11 Å². The Morgan fingerprint density at radius 3 is 2.50 bits per heavy atom. The minimum absolute atomic E-state index is 0.213. The van der Waals surface area contributed by atoms with Crippen molar-refractivity contribution in [2.24, 2.45) is 0 Å². The van der Waals surface area contributed by atoms with Gasteiger partial charge in [0.25, 0.3) is 0 Å². The van der Waals surface area contributed by atoms with Gasteiger partial charge in [0.1, 0.15) is 11.5 Å². The number of hydrogen-bond donors (Lipinski definition) is 2. The maximum absolute atomic E-state index is 9.92. The highest BCUT2D eigenvalue weighted by atomic mass is 79.9. The van der Waals surface area contributed by atoms with E-state index >= 15 is 0 Å². The quantitative estimate of drug-likeness (QED) is 0.867. The highest BCUT2D eigenvalue weighted by Crippen LogP contribution is 2.24. The van der Waals surface area contributed by atoms with Gasteiger partial charge in [-0.3, -0.25) is 0 Å². The third-order valence-electron chi connectivity index (χ3n) is 3.26. The topological polar surface area (TPSA) is 41.5 Å². The van der Waals surface area contributed by atoms with Crippen LogP contribution in [-0.2, 0) is 6.54 Å². The van der Waals surface area contributed by atoms with Crippen molar-refractivity contribution in [3.8, 4) is 11.5 Å². The van der Waals surface area contributed by atoms with Crippen LogP contribution in [0.3, 0.4) is 0 Å². The first kappa shape index (κ1) is 14.9. The third kappa shape index (κ3) is 3.74. The molecule has 0 amide bonds. The standard InChI is InChI=1S/C16H18BrNO2/c1-11(12-3-6-14(17)7-4-12)18-10-13-5-8-15(20-2)9-16(13)19/h3-9,11,18-19H,10H2,1-2H3. The molecule has 0 aliphatic heterocycles. The summed E-state index contributed by atoms with van der Waals surface area (Å²) in [5, 5.41) is 13.3. The van der Waals surface area contributed by atoms with Gasteiger partial charge in [0.15, 0.2) is 0 Å². The van der Waals surface area contributed by atoms with Crippen LogP contribution in [0.2, 0.25) is 0 Å². The van der Waals surface area contributed by atoms with Gasteiger partial charge in [0.2, 0.25) is 0 Å². The molecule has 0 radical (unpaired) electrons. The van der Waals surface area contributed by atoms with Crippen molar-refractivity contribution in [3.63, 3.8) is 0 Å². The average molecular weight is 336 g/mol. The van der Waals surface area contributed by atoms with Crippen molar-refractivity contribution in [1.29, 1.82) is 0 Å². The average Bonchev–Trinajstić information content (AvgIpc) is 2.46. The zero-order valence-electron chi connectivity index (χ0n) is 11.6. The minimum atomic E-state index is 0.213. The van der Waals surface area contributed by atoms with E-state index in [1.165, 1.54) is 5.56 Å². The van der Waals surface area contributed by atoms with Crippen LogP contribution in [0.4, 0.5) is 0 Å². The zero-order chi connectivity index (χ0) is 14.5. The first-order valence-electron chi connectivity index (χ1n) is 6.45. The van der Waals surface area contributed by atoms with Gasteiger partial charge in [-0.1, -0.05) is 34.1 Å². The van der Waals surface area contributed by atoms with Crippen molar-refractivity contribution in [1.82, 2.24) is 5.32 Å². The van der Waals surface area contributed by atoms with Gasteiger partial charge in [-0.05, 0) is 30.7 Å². The summed E-state index contributed by atoms with van der Waals surface area (Å²) in [5.41, 5.74) is 2.07. The zero-order valence-corrected chi connectivity index (χ0v) is 13.1. The monoisotopic (exact) mass is 335 g/mol. The second-order valence-corrected chi connectivity index (χ2v) is 5.56. The molecule has 1 atom stereocenters. The Labute approximate surface area is 127 Å². The van der Waals surface area contributed by atoms with Gasteiger partial charge in [-0.25, -0.2) is 0 Å². The third-order valence-corrected chi connectivity index (χ3v) is 3.79. The number of aromatic hydroxyl groups is 1. The number of ether oxygens (including phenoxy) is 1. The summed E-state index contributed by atoms with van der Waals surface area (Å²) in [7, 11) is 1.59. The maximum Gasteiger partial charge on any atom is 0.123 e. The lowest BCUT2D eigenvalue weighted by Gasteiger charge is -2.15. The van der Waals surface area contributed by atoms with Crippen LogP contribution in [0.5, 0.6) is 11.5 Å². The Hall–Kier alpha value is -1.52. The number of benzene rings is 2. The number of phenolic OH excluding ortho intramolecular Hbond substituents is 1. The molecule has 2 rings (SSSR count). The lowest BCUT2D eigenvalue weighted by Crippen LogP contribution is -2.18. The molecule has 0 fully saturated rings. The second kappa shape index (κ2) is 6.77. The van der Waals surface area contributed by atoms with E-state index < -0.39 is 0 Å². The van der Waals surface area contributed by atoms with Gasteiger partial charge in [0, 0.05) is 28.7 Å². The Morgan fingerprint density at radius 2 is 1.90 bits per heavy atom. The molecule has 2 aromatic carbocycles. The predicted octanol–water partition coefficient (Wildman–Crippen LogP) is 4.01. The molecule has 1 unspecified atom stereocenters. The molecule has 0 saturated carbocycles. The van der Waals surface area contributed by atoms with E-state index in [0.29, 0.717) is 12.3 Å². The predicted molar refractivity (Wildman–Crippen MR) is 84.1 cm³/mol. The van der Waals surface area contributed by atoms with Crippen LogP contribution in [-0.4, -0.2) is 12.2 Å². The molecular weight excluding hydrogens is 318 g/mol. The lowest BCUT2D eigenvalue weighted by molar-refractivity contribution is 0.405. The van der Waals surface area contributed by atoms with Crippen LogP contribution in [0.15, 0.2) is 46.9 Å². The first-order valence-corrected chi connectivity index (χ1v) is 7.24. The van der Waals surface area contributed by atoms with E-state index in [0.717, 1.165) is 10.0 Å². The largest absolute Gasteiger partial charge is 0.507 e. The summed E-state index contributed by atoms with van der Waals surface area (Å²) >= 11 is 3.43. The smallest absolute Gasteiger partial charge is 0.123 e. The molecular formula is C16H18BrNO2. The maximum atomic E-state index is 9.92. The minimum Gasteiger partial charge on any atom is -0.507 e. The molecule has 2 aromatic rings. The molecule has 0 aliphatic carbocycles. The highest BCUT2D eigenvalue weighted by molar-refractivity contribution is 9.10. The van der Waals surface area contributed by atoms with Crippen molar-refractivity contribution in [2.45, 2.75) is 19.5 Å². The molecule has 0 aromatic heterocycles. The van der Waals surface area contributed by atoms with Gasteiger partial charge < -0.3 is 15.2 Å². The normalized spacial score (nSPS) is 12.2. The number of rotatable bonds is 5. The van der Waals surface area contributed by atoms with Crippen LogP contribution >= 0.6 is 15.9 Å². The van der Waals surface area contributed by atoms with Gasteiger partial charge in [-0.15, -0.1) is 0 Å². The van der Waals surface area contributed by atoms with E-state index in [2.05, 4.69) is 40.3 Å². The lowest BCUT2D eigenvalue weighted by atomic mass is 10.1. The van der Waals surface area contributed by atoms with E-state index in [1.807, 2.05) is 24.3 Å². The number of hydrogen-bond acceptors (Lipinski definition) is 3. The highest BCUT2D eigenvalue weighted by Gasteiger charge is 2.07. The van der Waals surface area contributed by atoms with Crippen molar-refractivity contribution in [2.75, 3.05) is 7.11 Å². The van der Waals surface area contributed by atoms with E-state index in [1.54, 1.807) is 13.2 Å². The SMILES string of the molecule is COc1ccc(CNC(C)c2ccc(Br)cc2)c(O)c1. The number of methoxy groups -OCH3 is 1. The fourth-order valence-electron chi connectivity index (χ4n) is 1.95. The fourth-order valence-corrected chi connectivity index (χ4v) is 2.22. The summed E-state index contributed by atoms with van der Waals surface area (Å²) in [4.78, 5) is 0. The molecule has 0 bridgehead atoms. The fraction of sp³-hybridized carbons (Fsp3) is 0.250. The summed E-state index contributed by atoms with van der Waals surface area (Å²) in [6.07, 6.45) is 0. The Kier molecular flexibility index (Phi) is 5.04. The molecule has 0 heterocycles.